The molecule has 0 aliphatic carbocycles. The SMILES string of the molecule is CCOc1ccc(C(=O)N[C@@]2(C)CCS(=O)(=O)C2)cc1OC. The number of ether oxygens (including phenoxy) is 2. The second-order valence-electron chi connectivity index (χ2n) is 5.66. The van der Waals surface area contributed by atoms with Crippen LogP contribution in [0.3, 0.4) is 0 Å². The van der Waals surface area contributed by atoms with Crippen LogP contribution in [0.2, 0.25) is 0 Å². The maximum atomic E-state index is 12.4. The van der Waals surface area contributed by atoms with E-state index < -0.39 is 15.4 Å². The summed E-state index contributed by atoms with van der Waals surface area (Å²) in [6, 6.07) is 4.90. The van der Waals surface area contributed by atoms with Gasteiger partial charge in [-0.1, -0.05) is 0 Å². The Morgan fingerprint density at radius 1 is 1.36 bits per heavy atom. The van der Waals surface area contributed by atoms with E-state index in [4.69, 9.17) is 9.47 Å². The average Bonchev–Trinajstić information content (AvgIpc) is 2.73. The molecule has 22 heavy (non-hydrogen) atoms. The molecule has 1 aromatic rings. The highest BCUT2D eigenvalue weighted by Gasteiger charge is 2.39. The molecule has 122 valence electrons. The Morgan fingerprint density at radius 3 is 2.64 bits per heavy atom. The van der Waals surface area contributed by atoms with Crippen LogP contribution in [0.5, 0.6) is 11.5 Å². The number of carbonyl (C=O) groups is 1. The fourth-order valence-corrected chi connectivity index (χ4v) is 4.63. The first-order valence-electron chi connectivity index (χ1n) is 7.12. The molecule has 1 saturated heterocycles. The Morgan fingerprint density at radius 2 is 2.09 bits per heavy atom. The van der Waals surface area contributed by atoms with Crippen LogP contribution in [-0.2, 0) is 9.84 Å². The van der Waals surface area contributed by atoms with Gasteiger partial charge in [0.25, 0.3) is 5.91 Å². The summed E-state index contributed by atoms with van der Waals surface area (Å²) >= 11 is 0. The van der Waals surface area contributed by atoms with Gasteiger partial charge in [0.1, 0.15) is 0 Å². The number of hydrogen-bond donors (Lipinski definition) is 1. The predicted octanol–water partition coefficient (Wildman–Crippen LogP) is 1.40. The summed E-state index contributed by atoms with van der Waals surface area (Å²) in [5.74, 6) is 0.798. The summed E-state index contributed by atoms with van der Waals surface area (Å²) in [5.41, 5.74) is -0.312. The van der Waals surface area contributed by atoms with Crippen molar-refractivity contribution in [2.75, 3.05) is 25.2 Å². The molecular weight excluding hydrogens is 306 g/mol. The molecule has 0 bridgehead atoms. The van der Waals surface area contributed by atoms with E-state index in [1.54, 1.807) is 25.1 Å². The molecule has 0 unspecified atom stereocenters. The zero-order valence-corrected chi connectivity index (χ0v) is 13.8. The van der Waals surface area contributed by atoms with Gasteiger partial charge < -0.3 is 14.8 Å². The van der Waals surface area contributed by atoms with E-state index in [2.05, 4.69) is 5.32 Å². The Hall–Kier alpha value is -1.76. The lowest BCUT2D eigenvalue weighted by Gasteiger charge is -2.24. The first-order chi connectivity index (χ1) is 10.3. The first kappa shape index (κ1) is 16.6. The third-order valence-electron chi connectivity index (χ3n) is 3.64. The molecule has 6 nitrogen and oxygen atoms in total. The van der Waals surface area contributed by atoms with E-state index in [1.807, 2.05) is 6.92 Å². The van der Waals surface area contributed by atoms with Crippen molar-refractivity contribution in [3.05, 3.63) is 23.8 Å². The zero-order chi connectivity index (χ0) is 16.4. The van der Waals surface area contributed by atoms with Crippen LogP contribution in [0.15, 0.2) is 18.2 Å². The van der Waals surface area contributed by atoms with E-state index in [-0.39, 0.29) is 17.4 Å². The van der Waals surface area contributed by atoms with E-state index >= 15 is 0 Å². The molecule has 1 heterocycles. The highest BCUT2D eigenvalue weighted by molar-refractivity contribution is 7.91. The maximum absolute atomic E-state index is 12.4. The number of methoxy groups -OCH3 is 1. The van der Waals surface area contributed by atoms with Gasteiger partial charge in [-0.25, -0.2) is 8.42 Å². The van der Waals surface area contributed by atoms with Gasteiger partial charge in [0.2, 0.25) is 0 Å². The topological polar surface area (TPSA) is 81.7 Å². The molecule has 1 amide bonds. The quantitative estimate of drug-likeness (QED) is 0.884. The molecule has 1 fully saturated rings. The fourth-order valence-electron chi connectivity index (χ4n) is 2.54. The van der Waals surface area contributed by atoms with Crippen molar-refractivity contribution in [1.82, 2.24) is 5.32 Å². The van der Waals surface area contributed by atoms with Crippen LogP contribution in [-0.4, -0.2) is 45.1 Å². The lowest BCUT2D eigenvalue weighted by molar-refractivity contribution is 0.0915. The van der Waals surface area contributed by atoms with Crippen LogP contribution in [0.4, 0.5) is 0 Å². The van der Waals surface area contributed by atoms with Gasteiger partial charge in [-0.15, -0.1) is 0 Å². The minimum absolute atomic E-state index is 0.0279. The largest absolute Gasteiger partial charge is 0.493 e. The number of amides is 1. The van der Waals surface area contributed by atoms with Crippen molar-refractivity contribution in [3.8, 4) is 11.5 Å². The lowest BCUT2D eigenvalue weighted by Crippen LogP contribution is -2.46. The summed E-state index contributed by atoms with van der Waals surface area (Å²) in [4.78, 5) is 12.4. The lowest BCUT2D eigenvalue weighted by atomic mass is 10.0. The van der Waals surface area contributed by atoms with Gasteiger partial charge in [0.15, 0.2) is 21.3 Å². The second-order valence-corrected chi connectivity index (χ2v) is 7.84. The minimum atomic E-state index is -3.07. The van der Waals surface area contributed by atoms with E-state index in [9.17, 15) is 13.2 Å². The van der Waals surface area contributed by atoms with Gasteiger partial charge >= 0.3 is 0 Å². The maximum Gasteiger partial charge on any atom is 0.251 e. The summed E-state index contributed by atoms with van der Waals surface area (Å²) in [6.45, 7) is 4.11. The van der Waals surface area contributed by atoms with Crippen molar-refractivity contribution in [3.63, 3.8) is 0 Å². The van der Waals surface area contributed by atoms with Crippen molar-refractivity contribution in [1.29, 1.82) is 0 Å². The van der Waals surface area contributed by atoms with Crippen LogP contribution in [0, 0.1) is 0 Å². The fraction of sp³-hybridized carbons (Fsp3) is 0.533. The van der Waals surface area contributed by atoms with Crippen molar-refractivity contribution in [2.45, 2.75) is 25.8 Å². The van der Waals surface area contributed by atoms with Gasteiger partial charge in [-0.05, 0) is 38.5 Å². The summed E-state index contributed by atoms with van der Waals surface area (Å²) in [6.07, 6.45) is 0.426. The van der Waals surface area contributed by atoms with Crippen LogP contribution >= 0.6 is 0 Å². The number of nitrogens with one attached hydrogen (secondary N) is 1. The molecular formula is C15H21NO5S. The van der Waals surface area contributed by atoms with Gasteiger partial charge in [0, 0.05) is 5.56 Å². The summed E-state index contributed by atoms with van der Waals surface area (Å²) in [7, 11) is -1.56. The minimum Gasteiger partial charge on any atom is -0.493 e. The number of rotatable bonds is 5. The Balaban J connectivity index is 2.16. The molecule has 7 heteroatoms. The highest BCUT2D eigenvalue weighted by atomic mass is 32.2. The summed E-state index contributed by atoms with van der Waals surface area (Å²) < 4.78 is 33.8. The molecule has 0 spiro atoms. The molecule has 1 atom stereocenters. The molecule has 2 rings (SSSR count). The zero-order valence-electron chi connectivity index (χ0n) is 13.0. The van der Waals surface area contributed by atoms with Crippen LogP contribution in [0.25, 0.3) is 0 Å². The smallest absolute Gasteiger partial charge is 0.251 e. The van der Waals surface area contributed by atoms with Gasteiger partial charge in [-0.2, -0.15) is 0 Å². The molecule has 1 aliphatic rings. The van der Waals surface area contributed by atoms with E-state index in [1.165, 1.54) is 7.11 Å². The molecule has 1 N–H and O–H groups in total. The number of sulfone groups is 1. The molecule has 1 aliphatic heterocycles. The van der Waals surface area contributed by atoms with E-state index in [0.717, 1.165) is 0 Å². The van der Waals surface area contributed by atoms with Crippen molar-refractivity contribution < 1.29 is 22.7 Å². The number of benzene rings is 1. The Kier molecular flexibility index (Phi) is 4.65. The second kappa shape index (κ2) is 6.16. The van der Waals surface area contributed by atoms with Crippen molar-refractivity contribution in [2.24, 2.45) is 0 Å². The van der Waals surface area contributed by atoms with Gasteiger partial charge in [0.05, 0.1) is 30.8 Å². The first-order valence-corrected chi connectivity index (χ1v) is 8.94. The molecule has 0 aromatic heterocycles. The Bertz CT molecular complexity index is 671. The van der Waals surface area contributed by atoms with Crippen molar-refractivity contribution >= 4 is 15.7 Å². The predicted molar refractivity (Wildman–Crippen MR) is 83.3 cm³/mol. The average molecular weight is 327 g/mol. The molecule has 0 saturated carbocycles. The number of carbonyl (C=O) groups excluding carboxylic acids is 1. The third kappa shape index (κ3) is 3.71. The number of hydrogen-bond acceptors (Lipinski definition) is 5. The highest BCUT2D eigenvalue weighted by Crippen LogP contribution is 2.29. The standard InChI is InChI=1S/C15H21NO5S/c1-4-21-12-6-5-11(9-13(12)20-3)14(17)16-15(2)7-8-22(18,19)10-15/h5-6,9H,4,7-8,10H2,1-3H3,(H,16,17)/t15-/m0/s1. The Labute approximate surface area is 130 Å². The third-order valence-corrected chi connectivity index (χ3v) is 5.55. The monoisotopic (exact) mass is 327 g/mol. The van der Waals surface area contributed by atoms with Gasteiger partial charge in [-0.3, -0.25) is 4.79 Å². The summed E-state index contributed by atoms with van der Waals surface area (Å²) in [5, 5.41) is 2.82. The van der Waals surface area contributed by atoms with E-state index in [0.29, 0.717) is 30.1 Å². The molecule has 0 radical (unpaired) electrons. The normalized spacial score (nSPS) is 23.0. The molecule has 1 aromatic carbocycles. The van der Waals surface area contributed by atoms with Crippen LogP contribution in [0.1, 0.15) is 30.6 Å². The van der Waals surface area contributed by atoms with Crippen LogP contribution < -0.4 is 14.8 Å².